The number of aryl methyl sites for hydroxylation is 2. The van der Waals surface area contributed by atoms with Crippen LogP contribution in [0.25, 0.3) is 0 Å². The first-order valence-electron chi connectivity index (χ1n) is 8.00. The number of hydrogen-bond acceptors (Lipinski definition) is 6. The van der Waals surface area contributed by atoms with Crippen molar-refractivity contribution in [1.29, 1.82) is 0 Å². The van der Waals surface area contributed by atoms with Gasteiger partial charge in [-0.05, 0) is 31.9 Å². The van der Waals surface area contributed by atoms with E-state index in [1.165, 1.54) is 12.4 Å². The minimum Gasteiger partial charge on any atom is -0.350 e. The predicted molar refractivity (Wildman–Crippen MR) is 96.6 cm³/mol. The summed E-state index contributed by atoms with van der Waals surface area (Å²) in [6.07, 6.45) is 3.40. The number of carbonyl (C=O) groups is 1. The molecule has 7 nitrogen and oxygen atoms in total. The molecule has 2 aromatic rings. The van der Waals surface area contributed by atoms with Gasteiger partial charge in [0.25, 0.3) is 5.91 Å². The molecule has 1 amide bonds. The van der Waals surface area contributed by atoms with E-state index in [0.29, 0.717) is 17.9 Å². The van der Waals surface area contributed by atoms with E-state index in [2.05, 4.69) is 20.6 Å². The van der Waals surface area contributed by atoms with Crippen LogP contribution in [-0.2, 0) is 9.84 Å². The Bertz CT molecular complexity index is 895. The summed E-state index contributed by atoms with van der Waals surface area (Å²) in [5, 5.41) is 5.83. The van der Waals surface area contributed by atoms with E-state index in [0.717, 1.165) is 16.8 Å². The summed E-state index contributed by atoms with van der Waals surface area (Å²) in [5.41, 5.74) is 3.19. The largest absolute Gasteiger partial charge is 0.350 e. The normalized spacial score (nSPS) is 18.7. The molecule has 1 saturated heterocycles. The third-order valence-electron chi connectivity index (χ3n) is 4.11. The fourth-order valence-electron chi connectivity index (χ4n) is 2.76. The molecule has 0 saturated carbocycles. The summed E-state index contributed by atoms with van der Waals surface area (Å²) in [6, 6.07) is 5.61. The molecule has 1 aliphatic rings. The fourth-order valence-corrected chi connectivity index (χ4v) is 4.43. The summed E-state index contributed by atoms with van der Waals surface area (Å²) in [5.74, 6) is 0.305. The maximum Gasteiger partial charge on any atom is 0.258 e. The molecule has 2 N–H and O–H groups in total. The maximum absolute atomic E-state index is 12.3. The standard InChI is InChI=1S/C17H20N4O3S/c1-11-3-4-15(12(2)7-11)21-16(22)13-8-18-17(19-9-13)20-14-5-6-25(23,24)10-14/h3-4,7-9,14H,5-6,10H2,1-2H3,(H,21,22)(H,18,19,20). The van der Waals surface area contributed by atoms with E-state index in [9.17, 15) is 13.2 Å². The highest BCUT2D eigenvalue weighted by Crippen LogP contribution is 2.18. The first-order chi connectivity index (χ1) is 11.8. The van der Waals surface area contributed by atoms with Crippen LogP contribution in [0.1, 0.15) is 27.9 Å². The average molecular weight is 360 g/mol. The van der Waals surface area contributed by atoms with Crippen molar-refractivity contribution in [3.63, 3.8) is 0 Å². The summed E-state index contributed by atoms with van der Waals surface area (Å²) >= 11 is 0. The molecule has 1 unspecified atom stereocenters. The summed E-state index contributed by atoms with van der Waals surface area (Å²) in [4.78, 5) is 20.5. The van der Waals surface area contributed by atoms with E-state index in [-0.39, 0.29) is 23.5 Å². The van der Waals surface area contributed by atoms with Gasteiger partial charge in [-0.15, -0.1) is 0 Å². The lowest BCUT2D eigenvalue weighted by atomic mass is 10.1. The van der Waals surface area contributed by atoms with Gasteiger partial charge in [-0.1, -0.05) is 17.7 Å². The topological polar surface area (TPSA) is 101 Å². The van der Waals surface area contributed by atoms with Gasteiger partial charge in [-0.3, -0.25) is 4.79 Å². The van der Waals surface area contributed by atoms with E-state index in [1.54, 1.807) is 0 Å². The number of hydrogen-bond donors (Lipinski definition) is 2. The zero-order valence-electron chi connectivity index (χ0n) is 14.1. The Morgan fingerprint density at radius 1 is 1.20 bits per heavy atom. The Labute approximate surface area is 146 Å². The lowest BCUT2D eigenvalue weighted by molar-refractivity contribution is 0.102. The van der Waals surface area contributed by atoms with Crippen molar-refractivity contribution in [3.05, 3.63) is 47.3 Å². The second-order valence-corrected chi connectivity index (χ2v) is 8.54. The SMILES string of the molecule is Cc1ccc(NC(=O)c2cnc(NC3CCS(=O)(=O)C3)nc2)c(C)c1. The molecule has 0 aliphatic carbocycles. The first kappa shape index (κ1) is 17.3. The van der Waals surface area contributed by atoms with Crippen LogP contribution in [-0.4, -0.2) is 41.8 Å². The van der Waals surface area contributed by atoms with Crippen molar-refractivity contribution in [3.8, 4) is 0 Å². The molecule has 1 aliphatic heterocycles. The third-order valence-corrected chi connectivity index (χ3v) is 5.88. The summed E-state index contributed by atoms with van der Waals surface area (Å²) in [7, 11) is -2.96. The van der Waals surface area contributed by atoms with Gasteiger partial charge in [0.2, 0.25) is 5.95 Å². The van der Waals surface area contributed by atoms with Crippen molar-refractivity contribution < 1.29 is 13.2 Å². The van der Waals surface area contributed by atoms with Gasteiger partial charge in [0.1, 0.15) is 0 Å². The molecular formula is C17H20N4O3S. The van der Waals surface area contributed by atoms with Gasteiger partial charge in [0.15, 0.2) is 9.84 Å². The minimum absolute atomic E-state index is 0.0886. The smallest absolute Gasteiger partial charge is 0.258 e. The van der Waals surface area contributed by atoms with Crippen LogP contribution >= 0.6 is 0 Å². The molecule has 1 atom stereocenters. The van der Waals surface area contributed by atoms with Crippen LogP contribution in [0.3, 0.4) is 0 Å². The summed E-state index contributed by atoms with van der Waals surface area (Å²) in [6.45, 7) is 3.93. The van der Waals surface area contributed by atoms with Gasteiger partial charge in [0, 0.05) is 24.1 Å². The van der Waals surface area contributed by atoms with Crippen molar-refractivity contribution in [1.82, 2.24) is 9.97 Å². The molecule has 1 fully saturated rings. The van der Waals surface area contributed by atoms with Gasteiger partial charge >= 0.3 is 0 Å². The lowest BCUT2D eigenvalue weighted by Gasteiger charge is -2.11. The van der Waals surface area contributed by atoms with Crippen molar-refractivity contribution in [2.45, 2.75) is 26.3 Å². The van der Waals surface area contributed by atoms with Crippen molar-refractivity contribution >= 4 is 27.4 Å². The van der Waals surface area contributed by atoms with Crippen LogP contribution in [0, 0.1) is 13.8 Å². The molecule has 0 spiro atoms. The minimum atomic E-state index is -2.96. The van der Waals surface area contributed by atoms with Crippen molar-refractivity contribution in [2.75, 3.05) is 22.1 Å². The second kappa shape index (κ2) is 6.79. The zero-order valence-corrected chi connectivity index (χ0v) is 14.9. The zero-order chi connectivity index (χ0) is 18.0. The van der Waals surface area contributed by atoms with Gasteiger partial charge in [0.05, 0.1) is 17.1 Å². The molecule has 1 aromatic carbocycles. The van der Waals surface area contributed by atoms with E-state index < -0.39 is 9.84 Å². The number of aromatic nitrogens is 2. The molecule has 8 heteroatoms. The number of sulfone groups is 1. The van der Waals surface area contributed by atoms with Crippen LogP contribution < -0.4 is 10.6 Å². The number of amides is 1. The van der Waals surface area contributed by atoms with Crippen LogP contribution in [0.4, 0.5) is 11.6 Å². The van der Waals surface area contributed by atoms with E-state index in [1.807, 2.05) is 32.0 Å². The maximum atomic E-state index is 12.3. The fraction of sp³-hybridized carbons (Fsp3) is 0.353. The molecule has 0 bridgehead atoms. The number of nitrogens with zero attached hydrogens (tertiary/aromatic N) is 2. The Morgan fingerprint density at radius 3 is 2.52 bits per heavy atom. The second-order valence-electron chi connectivity index (χ2n) is 6.31. The van der Waals surface area contributed by atoms with Crippen LogP contribution in [0.15, 0.2) is 30.6 Å². The Morgan fingerprint density at radius 2 is 1.92 bits per heavy atom. The molecular weight excluding hydrogens is 340 g/mol. The Balaban J connectivity index is 1.64. The molecule has 1 aromatic heterocycles. The molecule has 25 heavy (non-hydrogen) atoms. The molecule has 2 heterocycles. The average Bonchev–Trinajstić information content (AvgIpc) is 2.89. The quantitative estimate of drug-likeness (QED) is 0.864. The highest BCUT2D eigenvalue weighted by Gasteiger charge is 2.28. The van der Waals surface area contributed by atoms with Crippen molar-refractivity contribution in [2.24, 2.45) is 0 Å². The summed E-state index contributed by atoms with van der Waals surface area (Å²) < 4.78 is 22.9. The number of nitrogens with one attached hydrogen (secondary N) is 2. The Kier molecular flexibility index (Phi) is 4.71. The Hall–Kier alpha value is -2.48. The third kappa shape index (κ3) is 4.33. The lowest BCUT2D eigenvalue weighted by Crippen LogP contribution is -2.22. The van der Waals surface area contributed by atoms with Crippen LogP contribution in [0.2, 0.25) is 0 Å². The monoisotopic (exact) mass is 360 g/mol. The van der Waals surface area contributed by atoms with Crippen LogP contribution in [0.5, 0.6) is 0 Å². The first-order valence-corrected chi connectivity index (χ1v) is 9.82. The van der Waals surface area contributed by atoms with Gasteiger partial charge in [-0.2, -0.15) is 0 Å². The highest BCUT2D eigenvalue weighted by atomic mass is 32.2. The number of carbonyl (C=O) groups excluding carboxylic acids is 1. The number of rotatable bonds is 4. The highest BCUT2D eigenvalue weighted by molar-refractivity contribution is 7.91. The number of benzene rings is 1. The molecule has 0 radical (unpaired) electrons. The van der Waals surface area contributed by atoms with Gasteiger partial charge in [-0.25, -0.2) is 18.4 Å². The van der Waals surface area contributed by atoms with Gasteiger partial charge < -0.3 is 10.6 Å². The van der Waals surface area contributed by atoms with E-state index in [4.69, 9.17) is 0 Å². The molecule has 132 valence electrons. The number of anilines is 2. The molecule has 3 rings (SSSR count). The van der Waals surface area contributed by atoms with E-state index >= 15 is 0 Å². The predicted octanol–water partition coefficient (Wildman–Crippen LogP) is 1.94.